The lowest BCUT2D eigenvalue weighted by atomic mass is 9.88. The van der Waals surface area contributed by atoms with Crippen molar-refractivity contribution in [2.45, 2.75) is 158 Å². The lowest BCUT2D eigenvalue weighted by molar-refractivity contribution is -0.363. The van der Waals surface area contributed by atoms with Crippen LogP contribution in [0.25, 0.3) is 0 Å². The van der Waals surface area contributed by atoms with Gasteiger partial charge in [0.2, 0.25) is 65.0 Å². The molecule has 3 aliphatic rings. The molecule has 0 spiro atoms. The second-order valence-corrected chi connectivity index (χ2v) is 22.9. The van der Waals surface area contributed by atoms with Gasteiger partial charge in [0.15, 0.2) is 12.6 Å². The fourth-order valence-corrected chi connectivity index (χ4v) is 9.71. The van der Waals surface area contributed by atoms with E-state index >= 15 is 0 Å². The number of aliphatic carboxylic acids is 2. The van der Waals surface area contributed by atoms with Gasteiger partial charge in [-0.05, 0) is 33.1 Å². The van der Waals surface area contributed by atoms with Crippen molar-refractivity contribution in [2.24, 2.45) is 5.92 Å². The number of nitrogens with one attached hydrogen (secondary N) is 9. The Kier molecular flexibility index (Phi) is 36.4. The number of ether oxygens (including phenoxy) is 6. The highest BCUT2D eigenvalue weighted by Gasteiger charge is 2.57. The van der Waals surface area contributed by atoms with E-state index in [9.17, 15) is 123 Å². The molecule has 3 fully saturated rings. The summed E-state index contributed by atoms with van der Waals surface area (Å²) in [6.45, 7) is -4.25. The van der Waals surface area contributed by atoms with Crippen molar-refractivity contribution >= 4 is 82.7 Å². The maximum atomic E-state index is 12.8. The SMILES string of the molecule is CCNC(=O)CNC(=O)CNC(=O)CN(CC(C)=O)C(=O)CNC(=O)CNC(=O)CN(CC(=O)O)C(=O)CNC(=O)CNC(=O)CCCCC(=O)NCCCO[C@@H]1OC(CO)[C@@H](O[C@@H]2OC(CO[C@]3(C(=O)O)C[C@@H](O)[C@@H](NC(C)=O)C(C(O)C(O)CO)O3)[C@H](O)C(O)[C@@H]2O)C(O)[C@@H]1C. The van der Waals surface area contributed by atoms with E-state index in [4.69, 9.17) is 28.4 Å². The second-order valence-electron chi connectivity index (χ2n) is 22.9. The van der Waals surface area contributed by atoms with Crippen molar-refractivity contribution in [3.63, 3.8) is 0 Å². The van der Waals surface area contributed by atoms with Gasteiger partial charge < -0.3 is 142 Å². The lowest BCUT2D eigenvalue weighted by Gasteiger charge is -2.48. The standard InChI is InChI=1S/C56H91N11O31/c1-5-57-36(76)14-60-37(77)16-61-40(80)21-66(20-27(2)70)42(82)18-63-39(79)17-62-41(81)22-67(23-44(84)85)43(83)19-64-38(78)15-59-35(75)10-7-6-9-34(74)58-11-8-12-93-53-28(3)46(86)51(32(25-69)95-53)97-54-50(90)49(89)48(88)33(96-54)26-94-56(55(91)92)13-30(72)45(65-29(4)71)52(98-56)47(87)31(73)24-68/h28,30-33,45-54,68-69,72-73,86-90H,5-26H2,1-4H3,(H,57,76)(H,58,74)(H,59,75)(H,60,77)(H,61,80)(H,62,81)(H,63,79)(H,64,78)(H,65,71)(H,84,85)(H,91,92)/t28-,30+,31?,32?,33?,45+,46?,47?,48-,49?,50-,51+,52?,53+,54-,56+/m0/s1. The minimum atomic E-state index is -2.89. The Balaban J connectivity index is 1.36. The van der Waals surface area contributed by atoms with E-state index in [1.54, 1.807) is 6.92 Å². The highest BCUT2D eigenvalue weighted by atomic mass is 16.8. The Morgan fingerprint density at radius 2 is 1.08 bits per heavy atom. The fraction of sp³-hybridized carbons (Fsp3) is 0.750. The third-order valence-corrected chi connectivity index (χ3v) is 14.9. The van der Waals surface area contributed by atoms with Gasteiger partial charge in [0, 0.05) is 45.2 Å². The van der Waals surface area contributed by atoms with E-state index in [1.807, 2.05) is 0 Å². The molecule has 42 nitrogen and oxygen atoms in total. The Morgan fingerprint density at radius 3 is 1.58 bits per heavy atom. The van der Waals surface area contributed by atoms with Crippen LogP contribution in [0.4, 0.5) is 0 Å². The van der Waals surface area contributed by atoms with E-state index < -0.39 is 265 Å². The van der Waals surface area contributed by atoms with E-state index in [0.29, 0.717) is 11.4 Å². The topological polar surface area (TPSA) is 632 Å². The smallest absolute Gasteiger partial charge is 0.364 e. The van der Waals surface area contributed by atoms with Crippen molar-refractivity contribution in [1.29, 1.82) is 0 Å². The molecule has 0 radical (unpaired) electrons. The van der Waals surface area contributed by atoms with Crippen LogP contribution in [0.15, 0.2) is 0 Å². The zero-order valence-electron chi connectivity index (χ0n) is 54.2. The number of likely N-dealkylation sites (N-methyl/N-ethyl adjacent to an activating group) is 1. The van der Waals surface area contributed by atoms with Crippen LogP contribution in [0, 0.1) is 5.92 Å². The first-order valence-corrected chi connectivity index (χ1v) is 31.0. The number of aliphatic hydroxyl groups is 9. The molecule has 42 heteroatoms. The molecular weight excluding hydrogens is 1320 g/mol. The predicted molar refractivity (Wildman–Crippen MR) is 321 cm³/mol. The molecule has 0 aliphatic carbocycles. The molecule has 98 heavy (non-hydrogen) atoms. The Hall–Kier alpha value is -7.82. The second kappa shape index (κ2) is 42.2. The van der Waals surface area contributed by atoms with Gasteiger partial charge in [0.05, 0.1) is 90.5 Å². The van der Waals surface area contributed by atoms with E-state index in [0.717, 1.165) is 18.7 Å². The Bertz CT molecular complexity index is 2730. The molecule has 7 unspecified atom stereocenters. The van der Waals surface area contributed by atoms with Crippen LogP contribution >= 0.6 is 0 Å². The molecule has 3 heterocycles. The molecular formula is C56H91N11O31. The summed E-state index contributed by atoms with van der Waals surface area (Å²) in [5, 5.41) is 136. The Morgan fingerprint density at radius 1 is 0.582 bits per heavy atom. The maximum Gasteiger partial charge on any atom is 0.364 e. The zero-order valence-corrected chi connectivity index (χ0v) is 54.2. The number of hydrogen-bond acceptors (Lipinski definition) is 29. The predicted octanol–water partition coefficient (Wildman–Crippen LogP) is -12.7. The lowest BCUT2D eigenvalue weighted by Crippen LogP contribution is -2.68. The molecule has 3 saturated heterocycles. The van der Waals surface area contributed by atoms with Crippen LogP contribution in [0.1, 0.15) is 66.2 Å². The van der Waals surface area contributed by atoms with Crippen molar-refractivity contribution in [3.8, 4) is 0 Å². The molecule has 16 atom stereocenters. The van der Waals surface area contributed by atoms with Crippen LogP contribution in [0.2, 0.25) is 0 Å². The molecule has 0 saturated carbocycles. The summed E-state index contributed by atoms with van der Waals surface area (Å²) >= 11 is 0. The number of carbonyl (C=O) groups is 14. The van der Waals surface area contributed by atoms with E-state index in [-0.39, 0.29) is 51.8 Å². The zero-order chi connectivity index (χ0) is 73.6. The number of hydrogen-bond donors (Lipinski definition) is 20. The number of ketones is 1. The molecule has 556 valence electrons. The summed E-state index contributed by atoms with van der Waals surface area (Å²) in [4.78, 5) is 173. The number of amides is 11. The number of rotatable bonds is 42. The quantitative estimate of drug-likeness (QED) is 0.0252. The molecule has 0 aromatic carbocycles. The van der Waals surface area contributed by atoms with Crippen LogP contribution < -0.4 is 47.9 Å². The summed E-state index contributed by atoms with van der Waals surface area (Å²) in [7, 11) is 0. The molecule has 3 rings (SSSR count). The molecule has 20 N–H and O–H groups in total. The number of carboxylic acids is 2. The summed E-state index contributed by atoms with van der Waals surface area (Å²) in [5.74, 6) is -16.4. The van der Waals surface area contributed by atoms with E-state index in [2.05, 4.69) is 47.9 Å². The number of carbonyl (C=O) groups excluding carboxylic acids is 12. The molecule has 0 aromatic heterocycles. The minimum Gasteiger partial charge on any atom is -0.480 e. The van der Waals surface area contributed by atoms with Gasteiger partial charge in [-0.2, -0.15) is 0 Å². The molecule has 0 aromatic rings. The molecule has 11 amide bonds. The van der Waals surface area contributed by atoms with Crippen molar-refractivity contribution < 1.29 is 152 Å². The van der Waals surface area contributed by atoms with Crippen LogP contribution in [-0.4, -0.2) is 345 Å². The summed E-state index contributed by atoms with van der Waals surface area (Å²) < 4.78 is 34.2. The van der Waals surface area contributed by atoms with Gasteiger partial charge in [0.25, 0.3) is 5.79 Å². The largest absolute Gasteiger partial charge is 0.480 e. The van der Waals surface area contributed by atoms with Crippen LogP contribution in [0.3, 0.4) is 0 Å². The first-order chi connectivity index (χ1) is 46.2. The summed E-state index contributed by atoms with van der Waals surface area (Å²) in [6.07, 6.45) is -23.7. The van der Waals surface area contributed by atoms with Gasteiger partial charge in [-0.25, -0.2) is 4.79 Å². The third-order valence-electron chi connectivity index (χ3n) is 14.9. The molecule has 0 bridgehead atoms. The number of nitrogens with zero attached hydrogens (tertiary/aromatic N) is 2. The Labute approximate surface area is 559 Å². The third kappa shape index (κ3) is 28.2. The van der Waals surface area contributed by atoms with E-state index in [1.165, 1.54) is 6.92 Å². The number of Topliss-reactive ketones (excluding diaryl/α,β-unsaturated/α-hetero) is 1. The monoisotopic (exact) mass is 1410 g/mol. The normalized spacial score (nSPS) is 25.7. The fourth-order valence-electron chi connectivity index (χ4n) is 9.71. The van der Waals surface area contributed by atoms with Crippen LogP contribution in [-0.2, 0) is 95.5 Å². The van der Waals surface area contributed by atoms with Gasteiger partial charge >= 0.3 is 11.9 Å². The minimum absolute atomic E-state index is 0.0128. The average Bonchev–Trinajstić information content (AvgIpc) is 0.774. The summed E-state index contributed by atoms with van der Waals surface area (Å²) in [5.41, 5.74) is 0. The van der Waals surface area contributed by atoms with Gasteiger partial charge in [0.1, 0.15) is 80.4 Å². The number of unbranched alkanes of at least 4 members (excludes halogenated alkanes) is 1. The first kappa shape index (κ1) is 84.4. The van der Waals surface area contributed by atoms with Gasteiger partial charge in [-0.15, -0.1) is 0 Å². The number of carboxylic acid groups (broad SMARTS) is 2. The highest BCUT2D eigenvalue weighted by molar-refractivity contribution is 5.95. The van der Waals surface area contributed by atoms with Crippen molar-refractivity contribution in [1.82, 2.24) is 57.7 Å². The molecule has 3 aliphatic heterocycles. The average molecular weight is 1410 g/mol. The maximum absolute atomic E-state index is 12.8. The first-order valence-electron chi connectivity index (χ1n) is 31.0. The van der Waals surface area contributed by atoms with Crippen molar-refractivity contribution in [3.05, 3.63) is 0 Å². The number of aliphatic hydroxyl groups excluding tert-OH is 9. The van der Waals surface area contributed by atoms with Gasteiger partial charge in [-0.1, -0.05) is 6.92 Å². The highest BCUT2D eigenvalue weighted by Crippen LogP contribution is 2.36. The van der Waals surface area contributed by atoms with Gasteiger partial charge in [-0.3, -0.25) is 62.3 Å². The van der Waals surface area contributed by atoms with Crippen molar-refractivity contribution in [2.75, 3.05) is 105 Å². The summed E-state index contributed by atoms with van der Waals surface area (Å²) in [6, 6.07) is -1.53. The van der Waals surface area contributed by atoms with Crippen LogP contribution in [0.5, 0.6) is 0 Å².